The van der Waals surface area contributed by atoms with Gasteiger partial charge in [-0.1, -0.05) is 19.1 Å². The highest BCUT2D eigenvalue weighted by atomic mass is 16.4. The molecule has 7 nitrogen and oxygen atoms in total. The first-order chi connectivity index (χ1) is 11.6. The molecule has 3 aromatic rings. The molecule has 2 heterocycles. The Bertz CT molecular complexity index is 900. The number of carbonyl (C=O) groups excluding carboxylic acids is 1. The number of nitrogens with one attached hydrogen (secondary N) is 1. The minimum Gasteiger partial charge on any atom is -0.478 e. The van der Waals surface area contributed by atoms with Crippen LogP contribution in [0.4, 0.5) is 0 Å². The molecule has 1 aromatic carbocycles. The Balaban J connectivity index is 1.71. The van der Waals surface area contributed by atoms with Crippen molar-refractivity contribution in [3.8, 4) is 0 Å². The van der Waals surface area contributed by atoms with Crippen LogP contribution in [0.2, 0.25) is 0 Å². The lowest BCUT2D eigenvalue weighted by atomic mass is 10.1. The third-order valence-electron chi connectivity index (χ3n) is 3.71. The maximum absolute atomic E-state index is 12.3. The van der Waals surface area contributed by atoms with E-state index in [-0.39, 0.29) is 11.5 Å². The first-order valence-corrected chi connectivity index (χ1v) is 7.52. The van der Waals surface area contributed by atoms with Crippen molar-refractivity contribution in [2.75, 3.05) is 0 Å². The van der Waals surface area contributed by atoms with Gasteiger partial charge in [0.05, 0.1) is 11.1 Å². The second-order valence-corrected chi connectivity index (χ2v) is 5.30. The Morgan fingerprint density at radius 3 is 2.46 bits per heavy atom. The predicted octanol–water partition coefficient (Wildman–Crippen LogP) is 1.92. The van der Waals surface area contributed by atoms with E-state index in [9.17, 15) is 9.59 Å². The van der Waals surface area contributed by atoms with Gasteiger partial charge in [0.1, 0.15) is 5.82 Å². The second-order valence-electron chi connectivity index (χ2n) is 5.30. The minimum atomic E-state index is -0.973. The third-order valence-corrected chi connectivity index (χ3v) is 3.71. The second kappa shape index (κ2) is 6.49. The highest BCUT2D eigenvalue weighted by molar-refractivity contribution is 5.94. The number of hydrogen-bond donors (Lipinski definition) is 2. The number of carboxylic acids is 1. The Hall–Kier alpha value is -3.22. The molecular weight excluding hydrogens is 308 g/mol. The SMILES string of the molecule is CCc1nnc2ccc(C(=O)NCc3ccc(C(=O)O)cc3)cn12. The quantitative estimate of drug-likeness (QED) is 0.747. The molecule has 2 aromatic heterocycles. The Labute approximate surface area is 138 Å². The van der Waals surface area contributed by atoms with Crippen molar-refractivity contribution in [1.29, 1.82) is 0 Å². The maximum Gasteiger partial charge on any atom is 0.335 e. The number of amides is 1. The number of benzene rings is 1. The van der Waals surface area contributed by atoms with Crippen LogP contribution in [-0.4, -0.2) is 31.6 Å². The highest BCUT2D eigenvalue weighted by Crippen LogP contribution is 2.09. The van der Waals surface area contributed by atoms with Gasteiger partial charge in [0, 0.05) is 19.2 Å². The van der Waals surface area contributed by atoms with Gasteiger partial charge in [-0.15, -0.1) is 10.2 Å². The number of rotatable bonds is 5. The summed E-state index contributed by atoms with van der Waals surface area (Å²) in [6.45, 7) is 2.30. The molecule has 0 saturated heterocycles. The molecule has 2 N–H and O–H groups in total. The lowest BCUT2D eigenvalue weighted by Crippen LogP contribution is -2.23. The van der Waals surface area contributed by atoms with Crippen molar-refractivity contribution < 1.29 is 14.7 Å². The van der Waals surface area contributed by atoms with E-state index in [1.165, 1.54) is 12.1 Å². The van der Waals surface area contributed by atoms with E-state index in [0.29, 0.717) is 17.8 Å². The average molecular weight is 324 g/mol. The van der Waals surface area contributed by atoms with Crippen LogP contribution < -0.4 is 5.32 Å². The largest absolute Gasteiger partial charge is 0.478 e. The number of nitrogens with zero attached hydrogens (tertiary/aromatic N) is 3. The average Bonchev–Trinajstić information content (AvgIpc) is 3.02. The van der Waals surface area contributed by atoms with Crippen LogP contribution in [0, 0.1) is 0 Å². The Morgan fingerprint density at radius 2 is 1.79 bits per heavy atom. The van der Waals surface area contributed by atoms with Crippen LogP contribution in [0.15, 0.2) is 42.6 Å². The van der Waals surface area contributed by atoms with E-state index in [1.54, 1.807) is 34.9 Å². The van der Waals surface area contributed by atoms with E-state index in [4.69, 9.17) is 5.11 Å². The van der Waals surface area contributed by atoms with Crippen LogP contribution in [0.5, 0.6) is 0 Å². The molecule has 0 aliphatic rings. The normalized spacial score (nSPS) is 10.7. The van der Waals surface area contributed by atoms with Gasteiger partial charge in [-0.3, -0.25) is 9.20 Å². The zero-order valence-electron chi connectivity index (χ0n) is 13.1. The number of aryl methyl sites for hydroxylation is 1. The number of carbonyl (C=O) groups is 2. The Kier molecular flexibility index (Phi) is 4.24. The number of pyridine rings is 1. The van der Waals surface area contributed by atoms with Crippen LogP contribution in [0.1, 0.15) is 39.0 Å². The number of aromatic nitrogens is 3. The van der Waals surface area contributed by atoms with E-state index in [1.807, 2.05) is 6.92 Å². The Morgan fingerprint density at radius 1 is 1.08 bits per heavy atom. The number of aromatic carboxylic acids is 1. The molecule has 7 heteroatoms. The number of carboxylic acid groups (broad SMARTS) is 1. The summed E-state index contributed by atoms with van der Waals surface area (Å²) in [6, 6.07) is 9.85. The summed E-state index contributed by atoms with van der Waals surface area (Å²) in [5, 5.41) is 19.8. The molecular formula is C17H16N4O3. The monoisotopic (exact) mass is 324 g/mol. The summed E-state index contributed by atoms with van der Waals surface area (Å²) in [7, 11) is 0. The first kappa shape index (κ1) is 15.7. The molecule has 0 bridgehead atoms. The van der Waals surface area contributed by atoms with Crippen molar-refractivity contribution in [1.82, 2.24) is 19.9 Å². The molecule has 0 spiro atoms. The van der Waals surface area contributed by atoms with Crippen LogP contribution in [0.25, 0.3) is 5.65 Å². The van der Waals surface area contributed by atoms with Crippen LogP contribution in [-0.2, 0) is 13.0 Å². The molecule has 24 heavy (non-hydrogen) atoms. The summed E-state index contributed by atoms with van der Waals surface area (Å²) in [5.74, 6) is -0.390. The summed E-state index contributed by atoms with van der Waals surface area (Å²) < 4.78 is 1.80. The lowest BCUT2D eigenvalue weighted by molar-refractivity contribution is 0.0696. The van der Waals surface area contributed by atoms with E-state index < -0.39 is 5.97 Å². The minimum absolute atomic E-state index is 0.213. The standard InChI is InChI=1S/C17H16N4O3/c1-2-14-19-20-15-8-7-13(10-21(14)15)16(22)18-9-11-3-5-12(6-4-11)17(23)24/h3-8,10H,2,9H2,1H3,(H,18,22)(H,23,24). The van der Waals surface area contributed by atoms with Crippen LogP contribution in [0.3, 0.4) is 0 Å². The maximum atomic E-state index is 12.3. The van der Waals surface area contributed by atoms with Gasteiger partial charge in [-0.05, 0) is 29.8 Å². The smallest absolute Gasteiger partial charge is 0.335 e. The summed E-state index contributed by atoms with van der Waals surface area (Å²) in [4.78, 5) is 23.1. The van der Waals surface area contributed by atoms with Crippen LogP contribution >= 0.6 is 0 Å². The van der Waals surface area contributed by atoms with Crippen molar-refractivity contribution in [2.24, 2.45) is 0 Å². The summed E-state index contributed by atoms with van der Waals surface area (Å²) >= 11 is 0. The third kappa shape index (κ3) is 3.10. The van der Waals surface area contributed by atoms with Gasteiger partial charge in [-0.2, -0.15) is 0 Å². The van der Waals surface area contributed by atoms with Crippen molar-refractivity contribution in [2.45, 2.75) is 19.9 Å². The van der Waals surface area contributed by atoms with E-state index >= 15 is 0 Å². The zero-order valence-corrected chi connectivity index (χ0v) is 13.1. The summed E-state index contributed by atoms with van der Waals surface area (Å²) in [5.41, 5.74) is 2.26. The highest BCUT2D eigenvalue weighted by Gasteiger charge is 2.10. The molecule has 0 aliphatic heterocycles. The fraction of sp³-hybridized carbons (Fsp3) is 0.176. The molecule has 122 valence electrons. The van der Waals surface area contributed by atoms with Crippen molar-refractivity contribution in [3.05, 3.63) is 65.1 Å². The van der Waals surface area contributed by atoms with Gasteiger partial charge in [0.25, 0.3) is 5.91 Å². The lowest BCUT2D eigenvalue weighted by Gasteiger charge is -2.07. The van der Waals surface area contributed by atoms with Crippen molar-refractivity contribution in [3.63, 3.8) is 0 Å². The predicted molar refractivity (Wildman–Crippen MR) is 86.9 cm³/mol. The molecule has 0 aliphatic carbocycles. The van der Waals surface area contributed by atoms with E-state index in [0.717, 1.165) is 17.8 Å². The van der Waals surface area contributed by atoms with Gasteiger partial charge in [0.2, 0.25) is 0 Å². The fourth-order valence-corrected chi connectivity index (χ4v) is 2.36. The summed E-state index contributed by atoms with van der Waals surface area (Å²) in [6.07, 6.45) is 2.44. The molecule has 0 radical (unpaired) electrons. The molecule has 1 amide bonds. The van der Waals surface area contributed by atoms with Gasteiger partial charge >= 0.3 is 5.97 Å². The number of hydrogen-bond acceptors (Lipinski definition) is 4. The molecule has 3 rings (SSSR count). The fourth-order valence-electron chi connectivity index (χ4n) is 2.36. The topological polar surface area (TPSA) is 96.6 Å². The zero-order chi connectivity index (χ0) is 17.1. The van der Waals surface area contributed by atoms with Gasteiger partial charge in [-0.25, -0.2) is 4.79 Å². The molecule has 0 fully saturated rings. The van der Waals surface area contributed by atoms with Gasteiger partial charge in [0.15, 0.2) is 5.65 Å². The van der Waals surface area contributed by atoms with Gasteiger partial charge < -0.3 is 10.4 Å². The number of fused-ring (bicyclic) bond motifs is 1. The van der Waals surface area contributed by atoms with E-state index in [2.05, 4.69) is 15.5 Å². The molecule has 0 saturated carbocycles. The van der Waals surface area contributed by atoms with Crippen molar-refractivity contribution >= 4 is 17.5 Å². The molecule has 0 atom stereocenters. The first-order valence-electron chi connectivity index (χ1n) is 7.52. The molecule has 0 unspecified atom stereocenters.